The zero-order valence-electron chi connectivity index (χ0n) is 10.1. The fourth-order valence-corrected chi connectivity index (χ4v) is 1.92. The van der Waals surface area contributed by atoms with Crippen molar-refractivity contribution in [2.24, 2.45) is 11.7 Å². The number of primary amides is 1. The Morgan fingerprint density at radius 1 is 1.56 bits per heavy atom. The molecule has 96 valence electrons. The van der Waals surface area contributed by atoms with Gasteiger partial charge < -0.3 is 11.1 Å². The van der Waals surface area contributed by atoms with Gasteiger partial charge in [0.2, 0.25) is 5.91 Å². The Balaban J connectivity index is 2.27. The van der Waals surface area contributed by atoms with Gasteiger partial charge in [-0.3, -0.25) is 14.9 Å². The van der Waals surface area contributed by atoms with E-state index in [1.165, 1.54) is 18.2 Å². The topological polar surface area (TPSA) is 98.3 Å². The molecule has 1 atom stereocenters. The van der Waals surface area contributed by atoms with Gasteiger partial charge in [0.05, 0.1) is 4.92 Å². The molecule has 0 saturated heterocycles. The maximum Gasteiger partial charge on any atom is 0.293 e. The molecule has 2 rings (SSSR count). The molecule has 6 nitrogen and oxygen atoms in total. The number of hydrogen-bond acceptors (Lipinski definition) is 4. The van der Waals surface area contributed by atoms with E-state index in [9.17, 15) is 14.9 Å². The molecule has 0 bridgehead atoms. The van der Waals surface area contributed by atoms with Crippen molar-refractivity contribution in [3.05, 3.63) is 33.9 Å². The number of anilines is 1. The van der Waals surface area contributed by atoms with Crippen LogP contribution in [0.2, 0.25) is 0 Å². The third kappa shape index (κ3) is 2.58. The van der Waals surface area contributed by atoms with Crippen LogP contribution in [0.25, 0.3) is 0 Å². The van der Waals surface area contributed by atoms with Crippen LogP contribution < -0.4 is 11.1 Å². The minimum absolute atomic E-state index is 0.112. The minimum atomic E-state index is -0.667. The number of benzene rings is 1. The first kappa shape index (κ1) is 12.3. The second kappa shape index (κ2) is 4.64. The van der Waals surface area contributed by atoms with Crippen molar-refractivity contribution >= 4 is 17.3 Å². The van der Waals surface area contributed by atoms with Crippen LogP contribution in [0.4, 0.5) is 11.4 Å². The van der Waals surface area contributed by atoms with E-state index in [1.807, 2.05) is 6.92 Å². The number of nitrogens with one attached hydrogen (secondary N) is 1. The summed E-state index contributed by atoms with van der Waals surface area (Å²) in [5.41, 5.74) is 5.58. The highest BCUT2D eigenvalue weighted by atomic mass is 16.6. The number of rotatable bonds is 5. The highest BCUT2D eigenvalue weighted by molar-refractivity contribution is 5.94. The Hall–Kier alpha value is -2.11. The normalized spacial score (nSPS) is 16.1. The molecular weight excluding hydrogens is 234 g/mol. The molecule has 1 aromatic rings. The summed E-state index contributed by atoms with van der Waals surface area (Å²) >= 11 is 0. The van der Waals surface area contributed by atoms with Gasteiger partial charge in [-0.15, -0.1) is 0 Å². The number of hydrogen-bond donors (Lipinski definition) is 2. The van der Waals surface area contributed by atoms with Gasteiger partial charge in [-0.25, -0.2) is 0 Å². The number of nitrogens with two attached hydrogens (primary N) is 1. The molecule has 0 spiro atoms. The first-order valence-electron chi connectivity index (χ1n) is 5.84. The van der Waals surface area contributed by atoms with Gasteiger partial charge in [-0.05, 0) is 37.8 Å². The average molecular weight is 249 g/mol. The summed E-state index contributed by atoms with van der Waals surface area (Å²) in [7, 11) is 0. The summed E-state index contributed by atoms with van der Waals surface area (Å²) in [6.07, 6.45) is 2.31. The van der Waals surface area contributed by atoms with Crippen LogP contribution in [-0.2, 0) is 0 Å². The van der Waals surface area contributed by atoms with E-state index in [4.69, 9.17) is 5.73 Å². The molecule has 3 N–H and O–H groups in total. The second-order valence-electron chi connectivity index (χ2n) is 4.62. The molecule has 1 aliphatic rings. The average Bonchev–Trinajstić information content (AvgIpc) is 3.12. The lowest BCUT2D eigenvalue weighted by Gasteiger charge is -2.14. The number of nitro groups is 1. The van der Waals surface area contributed by atoms with Crippen LogP contribution in [0, 0.1) is 16.0 Å². The molecule has 1 amide bonds. The first-order valence-corrected chi connectivity index (χ1v) is 5.84. The van der Waals surface area contributed by atoms with E-state index in [-0.39, 0.29) is 17.3 Å². The largest absolute Gasteiger partial charge is 0.377 e. The van der Waals surface area contributed by atoms with Crippen LogP contribution in [-0.4, -0.2) is 16.9 Å². The van der Waals surface area contributed by atoms with Crippen molar-refractivity contribution < 1.29 is 9.72 Å². The monoisotopic (exact) mass is 249 g/mol. The van der Waals surface area contributed by atoms with Crippen LogP contribution in [0.5, 0.6) is 0 Å². The highest BCUT2D eigenvalue weighted by Crippen LogP contribution is 2.35. The minimum Gasteiger partial charge on any atom is -0.377 e. The standard InChI is InChI=1S/C12H15N3O3/c1-7(8-2-3-8)14-10-5-4-9(12(13)16)6-11(10)15(17)18/h4-8,14H,2-3H2,1H3,(H2,13,16). The number of carbonyl (C=O) groups is 1. The summed E-state index contributed by atoms with van der Waals surface area (Å²) in [5.74, 6) is -0.0830. The zero-order chi connectivity index (χ0) is 13.3. The van der Waals surface area contributed by atoms with Gasteiger partial charge in [0, 0.05) is 17.7 Å². The van der Waals surface area contributed by atoms with Crippen molar-refractivity contribution in [1.29, 1.82) is 0 Å². The van der Waals surface area contributed by atoms with Crippen molar-refractivity contribution in [2.75, 3.05) is 5.32 Å². The lowest BCUT2D eigenvalue weighted by atomic mass is 10.1. The first-order chi connectivity index (χ1) is 8.49. The molecule has 18 heavy (non-hydrogen) atoms. The summed E-state index contributed by atoms with van der Waals surface area (Å²) in [4.78, 5) is 21.5. The smallest absolute Gasteiger partial charge is 0.293 e. The van der Waals surface area contributed by atoms with Gasteiger partial charge >= 0.3 is 0 Å². The Morgan fingerprint density at radius 3 is 2.72 bits per heavy atom. The lowest BCUT2D eigenvalue weighted by molar-refractivity contribution is -0.384. The molecule has 1 saturated carbocycles. The maximum atomic E-state index is 11.0. The van der Waals surface area contributed by atoms with E-state index in [1.54, 1.807) is 0 Å². The number of carbonyl (C=O) groups excluding carboxylic acids is 1. The van der Waals surface area contributed by atoms with Gasteiger partial charge in [-0.1, -0.05) is 0 Å². The Morgan fingerprint density at radius 2 is 2.22 bits per heavy atom. The molecule has 1 unspecified atom stereocenters. The Labute approximate surface area is 104 Å². The number of nitro benzene ring substituents is 1. The fourth-order valence-electron chi connectivity index (χ4n) is 1.92. The quantitative estimate of drug-likeness (QED) is 0.615. The molecule has 1 aliphatic carbocycles. The van der Waals surface area contributed by atoms with Crippen LogP contribution in [0.3, 0.4) is 0 Å². The molecule has 0 heterocycles. The van der Waals surface area contributed by atoms with Crippen molar-refractivity contribution in [3.8, 4) is 0 Å². The van der Waals surface area contributed by atoms with E-state index in [0.717, 1.165) is 12.8 Å². The summed E-state index contributed by atoms with van der Waals surface area (Å²) in [6, 6.07) is 4.45. The van der Waals surface area contributed by atoms with Gasteiger partial charge in [-0.2, -0.15) is 0 Å². The molecule has 1 fully saturated rings. The predicted octanol–water partition coefficient (Wildman–Crippen LogP) is 1.90. The third-order valence-electron chi connectivity index (χ3n) is 3.19. The molecule has 6 heteroatoms. The van der Waals surface area contributed by atoms with Crippen molar-refractivity contribution in [3.63, 3.8) is 0 Å². The van der Waals surface area contributed by atoms with Gasteiger partial charge in [0.1, 0.15) is 5.69 Å². The third-order valence-corrected chi connectivity index (χ3v) is 3.19. The van der Waals surface area contributed by atoms with Gasteiger partial charge in [0.15, 0.2) is 0 Å². The van der Waals surface area contributed by atoms with E-state index < -0.39 is 10.8 Å². The summed E-state index contributed by atoms with van der Waals surface area (Å²) in [5, 5.41) is 14.1. The summed E-state index contributed by atoms with van der Waals surface area (Å²) in [6.45, 7) is 2.00. The number of amides is 1. The van der Waals surface area contributed by atoms with E-state index in [0.29, 0.717) is 11.6 Å². The maximum absolute atomic E-state index is 11.0. The predicted molar refractivity (Wildman–Crippen MR) is 67.4 cm³/mol. The molecule has 1 aromatic carbocycles. The van der Waals surface area contributed by atoms with E-state index in [2.05, 4.69) is 5.32 Å². The van der Waals surface area contributed by atoms with E-state index >= 15 is 0 Å². The van der Waals surface area contributed by atoms with Crippen LogP contribution in [0.15, 0.2) is 18.2 Å². The number of nitrogens with zero attached hydrogens (tertiary/aromatic N) is 1. The highest BCUT2D eigenvalue weighted by Gasteiger charge is 2.29. The van der Waals surface area contributed by atoms with Crippen LogP contribution in [0.1, 0.15) is 30.1 Å². The SMILES string of the molecule is CC(Nc1ccc(C(N)=O)cc1[N+](=O)[O-])C1CC1. The lowest BCUT2D eigenvalue weighted by Crippen LogP contribution is -2.18. The van der Waals surface area contributed by atoms with Crippen molar-refractivity contribution in [1.82, 2.24) is 0 Å². The van der Waals surface area contributed by atoms with Crippen LogP contribution >= 0.6 is 0 Å². The Bertz CT molecular complexity index is 497. The second-order valence-corrected chi connectivity index (χ2v) is 4.62. The molecule has 0 aromatic heterocycles. The Kier molecular flexibility index (Phi) is 3.18. The fraction of sp³-hybridized carbons (Fsp3) is 0.417. The zero-order valence-corrected chi connectivity index (χ0v) is 10.1. The van der Waals surface area contributed by atoms with Gasteiger partial charge in [0.25, 0.3) is 5.69 Å². The molecule has 0 radical (unpaired) electrons. The summed E-state index contributed by atoms with van der Waals surface area (Å²) < 4.78 is 0. The van der Waals surface area contributed by atoms with Crippen molar-refractivity contribution in [2.45, 2.75) is 25.8 Å². The molecule has 0 aliphatic heterocycles. The molecular formula is C12H15N3O3.